The van der Waals surface area contributed by atoms with E-state index in [0.29, 0.717) is 17.9 Å². The average molecular weight is 288 g/mol. The Bertz CT molecular complexity index is 702. The van der Waals surface area contributed by atoms with Crippen molar-refractivity contribution in [2.24, 2.45) is 0 Å². The molecule has 2 rings (SSSR count). The van der Waals surface area contributed by atoms with Gasteiger partial charge in [0.25, 0.3) is 11.4 Å². The lowest BCUT2D eigenvalue weighted by molar-refractivity contribution is -0.385. The van der Waals surface area contributed by atoms with Crippen LogP contribution >= 0.6 is 0 Å². The van der Waals surface area contributed by atoms with Gasteiger partial charge in [0.15, 0.2) is 0 Å². The lowest BCUT2D eigenvalue weighted by Crippen LogP contribution is -2.04. The molecular weight excluding hydrogens is 276 g/mol. The monoisotopic (exact) mass is 288 g/mol. The van der Waals surface area contributed by atoms with E-state index < -0.39 is 9.85 Å². The maximum Gasteiger partial charge on any atom is 0.287 e. The highest BCUT2D eigenvalue weighted by atomic mass is 16.6. The quantitative estimate of drug-likeness (QED) is 0.668. The number of aromatic nitrogens is 1. The summed E-state index contributed by atoms with van der Waals surface area (Å²) in [7, 11) is 0. The molecule has 0 saturated carbocycles. The van der Waals surface area contributed by atoms with Crippen LogP contribution in [-0.2, 0) is 6.54 Å². The summed E-state index contributed by atoms with van der Waals surface area (Å²) in [5.41, 5.74) is 1.30. The molecule has 1 N–H and O–H groups in total. The zero-order valence-corrected chi connectivity index (χ0v) is 11.1. The van der Waals surface area contributed by atoms with Crippen molar-refractivity contribution in [3.63, 3.8) is 0 Å². The minimum atomic E-state index is -0.510. The van der Waals surface area contributed by atoms with Crippen LogP contribution in [0.5, 0.6) is 0 Å². The summed E-state index contributed by atoms with van der Waals surface area (Å²) in [6.45, 7) is 2.04. The molecule has 0 radical (unpaired) electrons. The van der Waals surface area contributed by atoms with Gasteiger partial charge in [-0.25, -0.2) is 4.98 Å². The van der Waals surface area contributed by atoms with E-state index in [-0.39, 0.29) is 11.4 Å². The molecule has 1 aromatic carbocycles. The standard InChI is InChI=1S/C13H12N4O4/c1-9-5-12(17(20)21)8-15-13(9)14-7-10-3-2-4-11(6-10)16(18)19/h2-6,8H,7H2,1H3,(H,14,15). The number of nitrogens with one attached hydrogen (secondary N) is 1. The van der Waals surface area contributed by atoms with Crippen LogP contribution in [0, 0.1) is 27.2 Å². The zero-order chi connectivity index (χ0) is 15.4. The molecule has 1 heterocycles. The molecule has 0 aliphatic carbocycles. The lowest BCUT2D eigenvalue weighted by Gasteiger charge is -2.08. The molecule has 0 saturated heterocycles. The van der Waals surface area contributed by atoms with Gasteiger partial charge < -0.3 is 5.32 Å². The van der Waals surface area contributed by atoms with E-state index in [0.717, 1.165) is 5.56 Å². The first-order valence-corrected chi connectivity index (χ1v) is 6.05. The number of hydrogen-bond donors (Lipinski definition) is 1. The van der Waals surface area contributed by atoms with E-state index in [1.165, 1.54) is 24.4 Å². The zero-order valence-electron chi connectivity index (χ0n) is 11.1. The van der Waals surface area contributed by atoms with Crippen molar-refractivity contribution >= 4 is 17.2 Å². The number of aryl methyl sites for hydroxylation is 1. The van der Waals surface area contributed by atoms with Crippen molar-refractivity contribution in [2.45, 2.75) is 13.5 Å². The molecule has 8 heteroatoms. The number of anilines is 1. The Morgan fingerprint density at radius 3 is 2.48 bits per heavy atom. The van der Waals surface area contributed by atoms with Crippen LogP contribution in [0.15, 0.2) is 36.5 Å². The van der Waals surface area contributed by atoms with Crippen molar-refractivity contribution < 1.29 is 9.85 Å². The molecule has 21 heavy (non-hydrogen) atoms. The van der Waals surface area contributed by atoms with Gasteiger partial charge in [0.2, 0.25) is 0 Å². The molecule has 0 fully saturated rings. The Hall–Kier alpha value is -3.03. The van der Waals surface area contributed by atoms with Crippen LogP contribution in [0.25, 0.3) is 0 Å². The summed E-state index contributed by atoms with van der Waals surface area (Å²) < 4.78 is 0. The van der Waals surface area contributed by atoms with Crippen LogP contribution < -0.4 is 5.32 Å². The Labute approximate surface area is 119 Å². The minimum absolute atomic E-state index is 0.0164. The number of nitrogens with zero attached hydrogens (tertiary/aromatic N) is 3. The van der Waals surface area contributed by atoms with Gasteiger partial charge in [-0.3, -0.25) is 20.2 Å². The fraction of sp³-hybridized carbons (Fsp3) is 0.154. The second kappa shape index (κ2) is 5.95. The highest BCUT2D eigenvalue weighted by molar-refractivity contribution is 5.49. The molecule has 0 bridgehead atoms. The first-order valence-electron chi connectivity index (χ1n) is 6.05. The second-order valence-corrected chi connectivity index (χ2v) is 4.40. The average Bonchev–Trinajstić information content (AvgIpc) is 2.46. The predicted octanol–water partition coefficient (Wildman–Crippen LogP) is 2.82. The number of hydrogen-bond acceptors (Lipinski definition) is 6. The van der Waals surface area contributed by atoms with Crippen LogP contribution in [0.1, 0.15) is 11.1 Å². The Morgan fingerprint density at radius 1 is 1.14 bits per heavy atom. The number of nitro groups is 2. The third kappa shape index (κ3) is 3.50. The molecule has 1 aromatic heterocycles. The van der Waals surface area contributed by atoms with Gasteiger partial charge in [0.05, 0.1) is 9.85 Å². The molecule has 0 unspecified atom stereocenters. The summed E-state index contributed by atoms with van der Waals surface area (Å²) in [5, 5.41) is 24.3. The second-order valence-electron chi connectivity index (χ2n) is 4.40. The van der Waals surface area contributed by atoms with Gasteiger partial charge in [-0.15, -0.1) is 0 Å². The fourth-order valence-electron chi connectivity index (χ4n) is 1.81. The van der Waals surface area contributed by atoms with Gasteiger partial charge in [-0.1, -0.05) is 12.1 Å². The normalized spacial score (nSPS) is 10.1. The Kier molecular flexibility index (Phi) is 4.07. The number of non-ortho nitro benzene ring substituents is 1. The first kappa shape index (κ1) is 14.4. The first-order chi connectivity index (χ1) is 9.97. The van der Waals surface area contributed by atoms with Gasteiger partial charge in [-0.05, 0) is 18.1 Å². The van der Waals surface area contributed by atoms with Crippen molar-refractivity contribution in [1.29, 1.82) is 0 Å². The van der Waals surface area contributed by atoms with Gasteiger partial charge >= 0.3 is 0 Å². The van der Waals surface area contributed by atoms with Crippen molar-refractivity contribution in [3.8, 4) is 0 Å². The lowest BCUT2D eigenvalue weighted by atomic mass is 10.2. The maximum atomic E-state index is 10.7. The summed E-state index contributed by atoms with van der Waals surface area (Å²) in [6, 6.07) is 7.65. The fourth-order valence-corrected chi connectivity index (χ4v) is 1.81. The third-order valence-electron chi connectivity index (χ3n) is 2.86. The van der Waals surface area contributed by atoms with Crippen LogP contribution in [0.4, 0.5) is 17.2 Å². The van der Waals surface area contributed by atoms with E-state index in [1.54, 1.807) is 19.1 Å². The Morgan fingerprint density at radius 2 is 1.86 bits per heavy atom. The predicted molar refractivity (Wildman–Crippen MR) is 76.1 cm³/mol. The van der Waals surface area contributed by atoms with E-state index in [9.17, 15) is 20.2 Å². The topological polar surface area (TPSA) is 111 Å². The van der Waals surface area contributed by atoms with Crippen LogP contribution in [0.2, 0.25) is 0 Å². The number of benzene rings is 1. The molecule has 2 aromatic rings. The highest BCUT2D eigenvalue weighted by Crippen LogP contribution is 2.19. The van der Waals surface area contributed by atoms with Crippen molar-refractivity contribution in [3.05, 3.63) is 67.9 Å². The molecule has 0 spiro atoms. The summed E-state index contributed by atoms with van der Waals surface area (Å²) in [5.74, 6) is 0.507. The SMILES string of the molecule is Cc1cc([N+](=O)[O-])cnc1NCc1cccc([N+](=O)[O-])c1. The molecule has 0 aliphatic heterocycles. The highest BCUT2D eigenvalue weighted by Gasteiger charge is 2.10. The largest absolute Gasteiger partial charge is 0.366 e. The number of pyridine rings is 1. The molecule has 0 aliphatic rings. The molecular formula is C13H12N4O4. The van der Waals surface area contributed by atoms with Crippen molar-refractivity contribution in [1.82, 2.24) is 4.98 Å². The van der Waals surface area contributed by atoms with Gasteiger partial charge in [0, 0.05) is 24.7 Å². The number of nitro benzene ring substituents is 1. The smallest absolute Gasteiger partial charge is 0.287 e. The third-order valence-corrected chi connectivity index (χ3v) is 2.86. The molecule has 0 amide bonds. The molecule has 0 atom stereocenters. The van der Waals surface area contributed by atoms with Crippen molar-refractivity contribution in [2.75, 3.05) is 5.32 Å². The summed E-state index contributed by atoms with van der Waals surface area (Å²) in [4.78, 5) is 24.3. The van der Waals surface area contributed by atoms with E-state index >= 15 is 0 Å². The van der Waals surface area contributed by atoms with Gasteiger partial charge in [-0.2, -0.15) is 0 Å². The van der Waals surface area contributed by atoms with E-state index in [1.807, 2.05) is 0 Å². The van der Waals surface area contributed by atoms with E-state index in [2.05, 4.69) is 10.3 Å². The summed E-state index contributed by atoms with van der Waals surface area (Å²) >= 11 is 0. The maximum absolute atomic E-state index is 10.7. The molecule has 108 valence electrons. The summed E-state index contributed by atoms with van der Waals surface area (Å²) in [6.07, 6.45) is 1.17. The van der Waals surface area contributed by atoms with Crippen LogP contribution in [0.3, 0.4) is 0 Å². The van der Waals surface area contributed by atoms with E-state index in [4.69, 9.17) is 0 Å². The Balaban J connectivity index is 2.11. The minimum Gasteiger partial charge on any atom is -0.366 e. The molecule has 8 nitrogen and oxygen atoms in total. The van der Waals surface area contributed by atoms with Crippen LogP contribution in [-0.4, -0.2) is 14.8 Å². The van der Waals surface area contributed by atoms with Gasteiger partial charge in [0.1, 0.15) is 12.0 Å². The number of rotatable bonds is 5.